The van der Waals surface area contributed by atoms with Gasteiger partial charge in [0.2, 0.25) is 21.8 Å². The summed E-state index contributed by atoms with van der Waals surface area (Å²) >= 11 is 15.7. The summed E-state index contributed by atoms with van der Waals surface area (Å²) in [5.74, 6) is -1.31. The van der Waals surface area contributed by atoms with Gasteiger partial charge >= 0.3 is 0 Å². The van der Waals surface area contributed by atoms with E-state index in [9.17, 15) is 18.0 Å². The molecule has 138 valence electrons. The van der Waals surface area contributed by atoms with Crippen LogP contribution in [0.4, 0.5) is 0 Å². The summed E-state index contributed by atoms with van der Waals surface area (Å²) in [6, 6.07) is 2.05. The Morgan fingerprint density at radius 1 is 1.32 bits per heavy atom. The first-order valence-corrected chi connectivity index (χ1v) is 10.2. The van der Waals surface area contributed by atoms with Crippen molar-refractivity contribution in [3.8, 4) is 0 Å². The van der Waals surface area contributed by atoms with Gasteiger partial charge in [0.15, 0.2) is 0 Å². The van der Waals surface area contributed by atoms with Gasteiger partial charge in [-0.3, -0.25) is 9.59 Å². The summed E-state index contributed by atoms with van der Waals surface area (Å²) in [6.07, 6.45) is 0.838. The van der Waals surface area contributed by atoms with Gasteiger partial charge in [-0.15, -0.1) is 0 Å². The quantitative estimate of drug-likeness (QED) is 0.591. The number of primary amides is 1. The first kappa shape index (κ1) is 20.3. The van der Waals surface area contributed by atoms with E-state index in [1.54, 1.807) is 0 Å². The topological polar surface area (TPSA) is 110 Å². The number of rotatable bonds is 6. The lowest BCUT2D eigenvalue weighted by molar-refractivity contribution is -0.128. The summed E-state index contributed by atoms with van der Waals surface area (Å²) < 4.78 is 26.8. The molecule has 11 heteroatoms. The van der Waals surface area contributed by atoms with Crippen LogP contribution in [0.2, 0.25) is 10.0 Å². The lowest BCUT2D eigenvalue weighted by atomic mass is 10.2. The Labute approximate surface area is 161 Å². The fraction of sp³-hybridized carbons (Fsp3) is 0.429. The van der Waals surface area contributed by atoms with Crippen LogP contribution in [-0.4, -0.2) is 48.9 Å². The smallest absolute Gasteiger partial charge is 0.243 e. The van der Waals surface area contributed by atoms with Crippen LogP contribution in [0.25, 0.3) is 0 Å². The largest absolute Gasteiger partial charge is 0.368 e. The number of thiol groups is 1. The fourth-order valence-corrected chi connectivity index (χ4v) is 5.23. The zero-order valence-electron chi connectivity index (χ0n) is 13.0. The molecule has 0 bridgehead atoms. The molecule has 2 rings (SSSR count). The molecule has 7 nitrogen and oxygen atoms in total. The molecule has 0 spiro atoms. The van der Waals surface area contributed by atoms with Crippen LogP contribution >= 0.6 is 35.8 Å². The highest BCUT2D eigenvalue weighted by Gasteiger charge is 2.40. The number of nitrogens with two attached hydrogens (primary N) is 1. The first-order valence-electron chi connectivity index (χ1n) is 7.35. The lowest BCUT2D eigenvalue weighted by Gasteiger charge is -2.25. The molecule has 1 saturated heterocycles. The molecule has 1 aromatic rings. The Kier molecular flexibility index (Phi) is 6.61. The Balaban J connectivity index is 2.28. The minimum atomic E-state index is -3.97. The molecule has 3 N–H and O–H groups in total. The van der Waals surface area contributed by atoms with Gasteiger partial charge in [0, 0.05) is 22.3 Å². The predicted molar refractivity (Wildman–Crippen MR) is 98.4 cm³/mol. The highest BCUT2D eigenvalue weighted by molar-refractivity contribution is 7.89. The molecule has 1 aliphatic heterocycles. The minimum Gasteiger partial charge on any atom is -0.368 e. The van der Waals surface area contributed by atoms with Gasteiger partial charge in [-0.1, -0.05) is 23.2 Å². The molecular formula is C14H17Cl2N3O4S2. The molecular weight excluding hydrogens is 409 g/mol. The van der Waals surface area contributed by atoms with Crippen molar-refractivity contribution in [2.75, 3.05) is 12.3 Å². The van der Waals surface area contributed by atoms with E-state index in [2.05, 4.69) is 17.9 Å². The number of nitrogens with zero attached hydrogens (tertiary/aromatic N) is 1. The Bertz CT molecular complexity index is 768. The molecule has 0 saturated carbocycles. The molecule has 0 aliphatic carbocycles. The van der Waals surface area contributed by atoms with Gasteiger partial charge in [0.25, 0.3) is 0 Å². The Morgan fingerprint density at radius 2 is 1.92 bits per heavy atom. The molecule has 1 aromatic carbocycles. The van der Waals surface area contributed by atoms with Gasteiger partial charge in [-0.05, 0) is 31.0 Å². The minimum absolute atomic E-state index is 0.0183. The standard InChI is InChI=1S/C14H17Cl2N3O4S2/c15-8-4-9(16)6-10(5-8)25(22,23)19-3-1-2-12(19)14(21)18-11(7-24)13(17)20/h4-6,11-12,24H,1-3,7H2,(H2,17,20)(H,18,21)/t11-,12-/m0/s1. The molecule has 0 unspecified atom stereocenters. The second-order valence-electron chi connectivity index (χ2n) is 5.53. The van der Waals surface area contributed by atoms with Crippen molar-refractivity contribution in [2.45, 2.75) is 29.8 Å². The molecule has 1 aliphatic rings. The number of nitrogens with one attached hydrogen (secondary N) is 1. The molecule has 1 fully saturated rings. The van der Waals surface area contributed by atoms with Crippen LogP contribution in [0.3, 0.4) is 0 Å². The Hall–Kier alpha value is -1.000. The van der Waals surface area contributed by atoms with Crippen LogP contribution in [0.1, 0.15) is 12.8 Å². The Morgan fingerprint density at radius 3 is 2.44 bits per heavy atom. The van der Waals surface area contributed by atoms with Crippen molar-refractivity contribution in [3.05, 3.63) is 28.2 Å². The normalized spacial score (nSPS) is 19.6. The second kappa shape index (κ2) is 8.13. The van der Waals surface area contributed by atoms with Gasteiger partial charge < -0.3 is 11.1 Å². The second-order valence-corrected chi connectivity index (χ2v) is 8.65. The van der Waals surface area contributed by atoms with Crippen molar-refractivity contribution >= 4 is 57.7 Å². The van der Waals surface area contributed by atoms with Gasteiger partial charge in [-0.25, -0.2) is 8.42 Å². The number of sulfonamides is 1. The summed E-state index contributed by atoms with van der Waals surface area (Å²) in [7, 11) is -3.97. The molecule has 2 amide bonds. The number of carbonyl (C=O) groups excluding carboxylic acids is 2. The molecule has 1 heterocycles. The first-order chi connectivity index (χ1) is 11.7. The number of amides is 2. The number of hydrogen-bond acceptors (Lipinski definition) is 5. The van der Waals surface area contributed by atoms with Crippen molar-refractivity contribution in [3.63, 3.8) is 0 Å². The summed E-state index contributed by atoms with van der Waals surface area (Å²) in [5.41, 5.74) is 5.18. The zero-order valence-corrected chi connectivity index (χ0v) is 16.2. The highest BCUT2D eigenvalue weighted by Crippen LogP contribution is 2.29. The van der Waals surface area contributed by atoms with Crippen LogP contribution in [0.5, 0.6) is 0 Å². The molecule has 2 atom stereocenters. The van der Waals surface area contributed by atoms with E-state index in [4.69, 9.17) is 28.9 Å². The van der Waals surface area contributed by atoms with Gasteiger partial charge in [0.1, 0.15) is 12.1 Å². The van der Waals surface area contributed by atoms with E-state index in [1.165, 1.54) is 18.2 Å². The van der Waals surface area contributed by atoms with E-state index in [0.29, 0.717) is 12.8 Å². The summed E-state index contributed by atoms with van der Waals surface area (Å²) in [6.45, 7) is 0.173. The van der Waals surface area contributed by atoms with Crippen molar-refractivity contribution in [1.29, 1.82) is 0 Å². The van der Waals surface area contributed by atoms with Crippen LogP contribution in [0.15, 0.2) is 23.1 Å². The highest BCUT2D eigenvalue weighted by atomic mass is 35.5. The summed E-state index contributed by atoms with van der Waals surface area (Å²) in [4.78, 5) is 23.6. The maximum absolute atomic E-state index is 12.9. The number of halogens is 2. The third kappa shape index (κ3) is 4.59. The average molecular weight is 426 g/mol. The predicted octanol–water partition coefficient (Wildman–Crippen LogP) is 1.05. The van der Waals surface area contributed by atoms with Crippen molar-refractivity contribution in [2.24, 2.45) is 5.73 Å². The lowest BCUT2D eigenvalue weighted by Crippen LogP contribution is -2.52. The maximum Gasteiger partial charge on any atom is 0.243 e. The van der Waals surface area contributed by atoms with E-state index in [-0.39, 0.29) is 27.2 Å². The average Bonchev–Trinajstić information content (AvgIpc) is 3.01. The SMILES string of the molecule is NC(=O)[C@H](CS)NC(=O)[C@@H]1CCCN1S(=O)(=O)c1cc(Cl)cc(Cl)c1. The maximum atomic E-state index is 12.9. The fourth-order valence-electron chi connectivity index (χ4n) is 2.58. The monoisotopic (exact) mass is 425 g/mol. The van der Waals surface area contributed by atoms with Crippen molar-refractivity contribution in [1.82, 2.24) is 9.62 Å². The molecule has 25 heavy (non-hydrogen) atoms. The number of benzene rings is 1. The molecule has 0 radical (unpaired) electrons. The van der Waals surface area contributed by atoms with E-state index < -0.39 is 33.9 Å². The van der Waals surface area contributed by atoms with Gasteiger partial charge in [0.05, 0.1) is 4.90 Å². The van der Waals surface area contributed by atoms with Gasteiger partial charge in [-0.2, -0.15) is 16.9 Å². The third-order valence-electron chi connectivity index (χ3n) is 3.79. The summed E-state index contributed by atoms with van der Waals surface area (Å²) in [5, 5.41) is 2.79. The van der Waals surface area contributed by atoms with E-state index >= 15 is 0 Å². The number of carbonyl (C=O) groups is 2. The van der Waals surface area contributed by atoms with Crippen LogP contribution in [0, 0.1) is 0 Å². The van der Waals surface area contributed by atoms with Crippen LogP contribution in [-0.2, 0) is 19.6 Å². The zero-order chi connectivity index (χ0) is 18.8. The third-order valence-corrected chi connectivity index (χ3v) is 6.48. The van der Waals surface area contributed by atoms with E-state index in [0.717, 1.165) is 4.31 Å². The van der Waals surface area contributed by atoms with Crippen molar-refractivity contribution < 1.29 is 18.0 Å². The number of hydrogen-bond donors (Lipinski definition) is 3. The van der Waals surface area contributed by atoms with Crippen LogP contribution < -0.4 is 11.1 Å². The van der Waals surface area contributed by atoms with E-state index in [1.807, 2.05) is 0 Å². The molecule has 0 aromatic heterocycles.